The Morgan fingerprint density at radius 1 is 0.935 bits per heavy atom. The van der Waals surface area contributed by atoms with E-state index < -0.39 is 16.8 Å². The van der Waals surface area contributed by atoms with Crippen LogP contribution in [0.15, 0.2) is 60.7 Å². The highest BCUT2D eigenvalue weighted by molar-refractivity contribution is 6.04. The number of primary amides is 1. The molecule has 160 valence electrons. The van der Waals surface area contributed by atoms with Crippen LogP contribution in [0.2, 0.25) is 0 Å². The lowest BCUT2D eigenvalue weighted by atomic mass is 10.0. The Labute approximate surface area is 179 Å². The first-order valence-corrected chi connectivity index (χ1v) is 9.95. The maximum atomic E-state index is 12.5. The van der Waals surface area contributed by atoms with Crippen molar-refractivity contribution >= 4 is 17.6 Å². The highest BCUT2D eigenvalue weighted by Gasteiger charge is 2.34. The summed E-state index contributed by atoms with van der Waals surface area (Å²) >= 11 is 0. The number of aromatic nitrogens is 1. The van der Waals surface area contributed by atoms with E-state index in [0.717, 1.165) is 0 Å². The molecule has 0 saturated heterocycles. The van der Waals surface area contributed by atoms with Gasteiger partial charge in [0.15, 0.2) is 0 Å². The summed E-state index contributed by atoms with van der Waals surface area (Å²) in [7, 11) is 0. The molecule has 0 radical (unpaired) electrons. The molecule has 0 aliphatic rings. The van der Waals surface area contributed by atoms with Crippen molar-refractivity contribution in [1.29, 1.82) is 0 Å². The number of nitrogens with two attached hydrogens (primary N) is 1. The number of rotatable bonds is 10. The van der Waals surface area contributed by atoms with Crippen LogP contribution in [0, 0.1) is 10.1 Å². The molecule has 0 unspecified atom stereocenters. The molecule has 0 atom stereocenters. The maximum Gasteiger partial charge on any atom is 0.303 e. The van der Waals surface area contributed by atoms with Crippen molar-refractivity contribution in [1.82, 2.24) is 4.57 Å². The molecule has 8 heteroatoms. The molecule has 8 nitrogen and oxygen atoms in total. The lowest BCUT2D eigenvalue weighted by molar-refractivity contribution is -0.383. The van der Waals surface area contributed by atoms with Gasteiger partial charge in [0.2, 0.25) is 0 Å². The molecule has 0 aliphatic carbocycles. The summed E-state index contributed by atoms with van der Waals surface area (Å²) in [5.41, 5.74) is 7.28. The molecule has 1 aromatic heterocycles. The number of amides is 1. The van der Waals surface area contributed by atoms with Crippen LogP contribution in [0.1, 0.15) is 36.2 Å². The minimum atomic E-state index is -0.870. The van der Waals surface area contributed by atoms with Gasteiger partial charge in [0, 0.05) is 18.5 Å². The molecule has 2 aromatic carbocycles. The van der Waals surface area contributed by atoms with Crippen molar-refractivity contribution in [3.8, 4) is 22.4 Å². The molecule has 0 saturated carbocycles. The van der Waals surface area contributed by atoms with Gasteiger partial charge >= 0.3 is 11.7 Å². The van der Waals surface area contributed by atoms with Crippen LogP contribution in [0.5, 0.6) is 0 Å². The first-order chi connectivity index (χ1) is 14.9. The fourth-order valence-electron chi connectivity index (χ4n) is 3.75. The zero-order valence-electron chi connectivity index (χ0n) is 16.9. The molecule has 1 heterocycles. The van der Waals surface area contributed by atoms with E-state index >= 15 is 0 Å². The quantitative estimate of drug-likeness (QED) is 0.283. The minimum Gasteiger partial charge on any atom is -0.481 e. The van der Waals surface area contributed by atoms with E-state index in [2.05, 4.69) is 0 Å². The van der Waals surface area contributed by atoms with Gasteiger partial charge < -0.3 is 15.4 Å². The number of carboxylic acids is 1. The van der Waals surface area contributed by atoms with Crippen molar-refractivity contribution in [2.45, 2.75) is 32.2 Å². The van der Waals surface area contributed by atoms with Gasteiger partial charge in [0.1, 0.15) is 11.4 Å². The van der Waals surface area contributed by atoms with Gasteiger partial charge in [0.25, 0.3) is 5.91 Å². The number of nitrogens with zero attached hydrogens (tertiary/aromatic N) is 2. The second-order valence-corrected chi connectivity index (χ2v) is 7.13. The topological polar surface area (TPSA) is 128 Å². The predicted octanol–water partition coefficient (Wildman–Crippen LogP) is 4.47. The van der Waals surface area contributed by atoms with Crippen molar-refractivity contribution < 1.29 is 19.6 Å². The normalized spacial score (nSPS) is 10.7. The predicted molar refractivity (Wildman–Crippen MR) is 117 cm³/mol. The van der Waals surface area contributed by atoms with Gasteiger partial charge in [-0.15, -0.1) is 0 Å². The third-order valence-electron chi connectivity index (χ3n) is 5.04. The van der Waals surface area contributed by atoms with E-state index in [9.17, 15) is 19.7 Å². The Morgan fingerprint density at radius 2 is 1.52 bits per heavy atom. The van der Waals surface area contributed by atoms with Crippen LogP contribution in [0.4, 0.5) is 5.69 Å². The summed E-state index contributed by atoms with van der Waals surface area (Å²) in [6.07, 6.45) is 1.69. The molecule has 0 spiro atoms. The Kier molecular flexibility index (Phi) is 6.81. The van der Waals surface area contributed by atoms with Gasteiger partial charge in [-0.05, 0) is 18.4 Å². The number of nitro groups is 1. The van der Waals surface area contributed by atoms with Crippen LogP contribution >= 0.6 is 0 Å². The smallest absolute Gasteiger partial charge is 0.303 e. The molecule has 3 rings (SSSR count). The summed E-state index contributed by atoms with van der Waals surface area (Å²) in [5, 5.41) is 21.0. The molecule has 3 aromatic rings. The maximum absolute atomic E-state index is 12.5. The van der Waals surface area contributed by atoms with E-state index in [1.807, 2.05) is 6.07 Å². The summed E-state index contributed by atoms with van der Waals surface area (Å²) in [6.45, 7) is 0.301. The molecule has 0 aliphatic heterocycles. The second-order valence-electron chi connectivity index (χ2n) is 7.13. The Balaban J connectivity index is 2.20. The number of unbranched alkanes of at least 4 members (excludes halogenated alkanes) is 2. The SMILES string of the molecule is NC(=O)c1c(-c2ccccc2)c([N+](=O)[O-])c(-c2ccccc2)n1CCCCCC(=O)O. The summed E-state index contributed by atoms with van der Waals surface area (Å²) in [4.78, 5) is 35.0. The molecule has 3 N–H and O–H groups in total. The molecule has 1 amide bonds. The fourth-order valence-corrected chi connectivity index (χ4v) is 3.75. The molecular formula is C23H23N3O5. The molecule has 31 heavy (non-hydrogen) atoms. The van der Waals surface area contributed by atoms with E-state index in [-0.39, 0.29) is 23.4 Å². The minimum absolute atomic E-state index is 0.0509. The number of carbonyl (C=O) groups excluding carboxylic acids is 1. The fraction of sp³-hybridized carbons (Fsp3) is 0.217. The van der Waals surface area contributed by atoms with Crippen molar-refractivity contribution in [2.75, 3.05) is 0 Å². The summed E-state index contributed by atoms with van der Waals surface area (Å²) in [6, 6.07) is 17.6. The largest absolute Gasteiger partial charge is 0.481 e. The number of carboxylic acid groups (broad SMARTS) is 1. The third kappa shape index (κ3) is 4.80. The lowest BCUT2D eigenvalue weighted by Gasteiger charge is -2.12. The molecule has 0 bridgehead atoms. The number of benzene rings is 2. The first kappa shape index (κ1) is 21.8. The van der Waals surface area contributed by atoms with Gasteiger partial charge in [-0.3, -0.25) is 19.7 Å². The van der Waals surface area contributed by atoms with Crippen LogP contribution in [-0.4, -0.2) is 26.5 Å². The third-order valence-corrected chi connectivity index (χ3v) is 5.04. The average Bonchev–Trinajstić information content (AvgIpc) is 3.10. The highest BCUT2D eigenvalue weighted by atomic mass is 16.6. The number of hydrogen-bond donors (Lipinski definition) is 2. The van der Waals surface area contributed by atoms with E-state index in [4.69, 9.17) is 10.8 Å². The standard InChI is InChI=1S/C23H23N3O5/c24-23(29)22-19(16-10-4-1-5-11-16)21(26(30)31)20(17-12-6-2-7-13-17)25(22)15-9-3-8-14-18(27)28/h1-2,4-7,10-13H,3,8-9,14-15H2,(H2,24,29)(H,27,28). The van der Waals surface area contributed by atoms with Crippen molar-refractivity contribution in [3.05, 3.63) is 76.5 Å². The Hall–Kier alpha value is -3.94. The monoisotopic (exact) mass is 421 g/mol. The molecular weight excluding hydrogens is 398 g/mol. The number of aliphatic carboxylic acids is 1. The summed E-state index contributed by atoms with van der Waals surface area (Å²) in [5.74, 6) is -1.62. The van der Waals surface area contributed by atoms with Crippen LogP contribution in [0.3, 0.4) is 0 Å². The summed E-state index contributed by atoms with van der Waals surface area (Å²) < 4.78 is 1.61. The van der Waals surface area contributed by atoms with Crippen molar-refractivity contribution in [2.24, 2.45) is 5.73 Å². The lowest BCUT2D eigenvalue weighted by Crippen LogP contribution is -2.18. The number of hydrogen-bond acceptors (Lipinski definition) is 4. The van der Waals surface area contributed by atoms with Crippen molar-refractivity contribution in [3.63, 3.8) is 0 Å². The van der Waals surface area contributed by atoms with Gasteiger partial charge in [-0.25, -0.2) is 0 Å². The second kappa shape index (κ2) is 9.71. The number of carbonyl (C=O) groups is 2. The van der Waals surface area contributed by atoms with Crippen LogP contribution < -0.4 is 5.73 Å². The van der Waals surface area contributed by atoms with E-state index in [0.29, 0.717) is 42.6 Å². The zero-order valence-corrected chi connectivity index (χ0v) is 16.9. The highest BCUT2D eigenvalue weighted by Crippen LogP contribution is 2.44. The van der Waals surface area contributed by atoms with Crippen LogP contribution in [0.25, 0.3) is 22.4 Å². The van der Waals surface area contributed by atoms with Gasteiger partial charge in [-0.2, -0.15) is 0 Å². The first-order valence-electron chi connectivity index (χ1n) is 9.95. The zero-order chi connectivity index (χ0) is 22.4. The molecule has 0 fully saturated rings. The van der Waals surface area contributed by atoms with E-state index in [1.165, 1.54) is 0 Å². The average molecular weight is 421 g/mol. The van der Waals surface area contributed by atoms with Gasteiger partial charge in [0.05, 0.1) is 10.5 Å². The van der Waals surface area contributed by atoms with Gasteiger partial charge in [-0.1, -0.05) is 67.1 Å². The Bertz CT molecular complexity index is 1090. The van der Waals surface area contributed by atoms with E-state index in [1.54, 1.807) is 59.2 Å². The Morgan fingerprint density at radius 3 is 2.03 bits per heavy atom. The van der Waals surface area contributed by atoms with Crippen LogP contribution in [-0.2, 0) is 11.3 Å².